The van der Waals surface area contributed by atoms with Crippen molar-refractivity contribution in [3.05, 3.63) is 23.3 Å². The van der Waals surface area contributed by atoms with E-state index in [2.05, 4.69) is 34.8 Å². The zero-order valence-corrected chi connectivity index (χ0v) is 12.6. The van der Waals surface area contributed by atoms with Crippen LogP contribution in [0.4, 0.5) is 0 Å². The number of hydrogen-bond donors (Lipinski definition) is 0. The quantitative estimate of drug-likeness (QED) is 0.848. The van der Waals surface area contributed by atoms with E-state index in [9.17, 15) is 0 Å². The maximum atomic E-state index is 5.44. The summed E-state index contributed by atoms with van der Waals surface area (Å²) in [6.07, 6.45) is 3.65. The topological polar surface area (TPSA) is 38.2 Å². The van der Waals surface area contributed by atoms with Gasteiger partial charge in [0.2, 0.25) is 0 Å². The lowest BCUT2D eigenvalue weighted by atomic mass is 10.00. The molecule has 1 aromatic rings. The smallest absolute Gasteiger partial charge is 0.133 e. The lowest BCUT2D eigenvalue weighted by Crippen LogP contribution is -2.30. The van der Waals surface area contributed by atoms with Gasteiger partial charge in [-0.1, -0.05) is 0 Å². The third-order valence-electron chi connectivity index (χ3n) is 4.49. The van der Waals surface area contributed by atoms with E-state index in [0.29, 0.717) is 5.92 Å². The first kappa shape index (κ1) is 14.0. The minimum absolute atomic E-state index is 0.522. The van der Waals surface area contributed by atoms with Crippen molar-refractivity contribution in [2.24, 2.45) is 5.92 Å². The largest absolute Gasteiger partial charge is 0.381 e. The number of likely N-dealkylation sites (tertiary alicyclic amines) is 1. The van der Waals surface area contributed by atoms with Crippen LogP contribution < -0.4 is 0 Å². The average Bonchev–Trinajstić information content (AvgIpc) is 2.87. The summed E-state index contributed by atoms with van der Waals surface area (Å²) in [7, 11) is 0. The van der Waals surface area contributed by atoms with Crippen LogP contribution in [-0.4, -0.2) is 47.7 Å². The van der Waals surface area contributed by atoms with Crippen LogP contribution in [0.15, 0.2) is 6.07 Å². The Morgan fingerprint density at radius 2 is 1.85 bits per heavy atom. The Kier molecular flexibility index (Phi) is 4.32. The molecule has 0 aliphatic carbocycles. The Labute approximate surface area is 121 Å². The first-order chi connectivity index (χ1) is 9.70. The molecule has 0 amide bonds. The minimum Gasteiger partial charge on any atom is -0.381 e. The van der Waals surface area contributed by atoms with Gasteiger partial charge in [-0.05, 0) is 51.6 Å². The van der Waals surface area contributed by atoms with E-state index in [-0.39, 0.29) is 0 Å². The summed E-state index contributed by atoms with van der Waals surface area (Å²) in [5.41, 5.74) is 2.19. The molecule has 4 nitrogen and oxygen atoms in total. The van der Waals surface area contributed by atoms with Crippen molar-refractivity contribution < 1.29 is 4.74 Å². The Morgan fingerprint density at radius 3 is 2.55 bits per heavy atom. The van der Waals surface area contributed by atoms with Crippen LogP contribution in [0.3, 0.4) is 0 Å². The van der Waals surface area contributed by atoms with Crippen LogP contribution in [0, 0.1) is 19.8 Å². The van der Waals surface area contributed by atoms with Crippen LogP contribution in [0.5, 0.6) is 0 Å². The fourth-order valence-corrected chi connectivity index (χ4v) is 3.44. The summed E-state index contributed by atoms with van der Waals surface area (Å²) in [5, 5.41) is 0. The summed E-state index contributed by atoms with van der Waals surface area (Å²) >= 11 is 0. The first-order valence-corrected chi connectivity index (χ1v) is 7.83. The molecule has 3 heterocycles. The van der Waals surface area contributed by atoms with Crippen molar-refractivity contribution in [2.45, 2.75) is 39.0 Å². The summed E-state index contributed by atoms with van der Waals surface area (Å²) in [4.78, 5) is 11.9. The number of ether oxygens (including phenoxy) is 1. The Hall–Kier alpha value is -1.00. The third-order valence-corrected chi connectivity index (χ3v) is 4.49. The summed E-state index contributed by atoms with van der Waals surface area (Å²) in [6, 6.07) is 2.05. The van der Waals surface area contributed by atoms with Gasteiger partial charge in [0, 0.05) is 43.6 Å². The number of nitrogens with zero attached hydrogens (tertiary/aromatic N) is 3. The molecule has 20 heavy (non-hydrogen) atoms. The highest BCUT2D eigenvalue weighted by atomic mass is 16.5. The molecule has 1 atom stereocenters. The van der Waals surface area contributed by atoms with Gasteiger partial charge < -0.3 is 9.64 Å². The lowest BCUT2D eigenvalue weighted by molar-refractivity contribution is 0.0553. The van der Waals surface area contributed by atoms with Crippen molar-refractivity contribution in [3.8, 4) is 0 Å². The van der Waals surface area contributed by atoms with Gasteiger partial charge in [-0.15, -0.1) is 0 Å². The molecule has 0 spiro atoms. The fourth-order valence-electron chi connectivity index (χ4n) is 3.44. The van der Waals surface area contributed by atoms with Crippen LogP contribution in [0.25, 0.3) is 0 Å². The minimum atomic E-state index is 0.522. The molecule has 0 aromatic carbocycles. The lowest BCUT2D eigenvalue weighted by Gasteiger charge is -2.26. The van der Waals surface area contributed by atoms with Gasteiger partial charge >= 0.3 is 0 Å². The first-order valence-electron chi connectivity index (χ1n) is 7.83. The summed E-state index contributed by atoms with van der Waals surface area (Å²) in [5.74, 6) is 2.40. The number of rotatable bonds is 3. The predicted octanol–water partition coefficient (Wildman–Crippen LogP) is 2.31. The van der Waals surface area contributed by atoms with E-state index >= 15 is 0 Å². The second-order valence-electron chi connectivity index (χ2n) is 6.31. The molecule has 2 aliphatic heterocycles. The van der Waals surface area contributed by atoms with Gasteiger partial charge in [0.25, 0.3) is 0 Å². The molecule has 0 radical (unpaired) electrons. The third kappa shape index (κ3) is 3.36. The average molecular weight is 275 g/mol. The molecule has 1 aromatic heterocycles. The highest BCUT2D eigenvalue weighted by Gasteiger charge is 2.28. The molecule has 3 rings (SSSR count). The molecular weight excluding hydrogens is 250 g/mol. The van der Waals surface area contributed by atoms with E-state index in [1.165, 1.54) is 32.4 Å². The fraction of sp³-hybridized carbons (Fsp3) is 0.750. The summed E-state index contributed by atoms with van der Waals surface area (Å²) in [6.45, 7) is 9.56. The zero-order chi connectivity index (χ0) is 13.9. The van der Waals surface area contributed by atoms with Gasteiger partial charge in [0.1, 0.15) is 5.82 Å². The van der Waals surface area contributed by atoms with Gasteiger partial charge in [0.15, 0.2) is 0 Å². The van der Waals surface area contributed by atoms with Gasteiger partial charge in [-0.2, -0.15) is 0 Å². The van der Waals surface area contributed by atoms with Crippen molar-refractivity contribution in [1.29, 1.82) is 0 Å². The Bertz CT molecular complexity index is 437. The molecule has 2 saturated heterocycles. The normalized spacial score (nSPS) is 25.2. The van der Waals surface area contributed by atoms with E-state index in [1.807, 2.05) is 0 Å². The Balaban J connectivity index is 1.58. The van der Waals surface area contributed by atoms with Crippen LogP contribution >= 0.6 is 0 Å². The predicted molar refractivity (Wildman–Crippen MR) is 78.8 cm³/mol. The monoisotopic (exact) mass is 275 g/mol. The maximum Gasteiger partial charge on any atom is 0.133 e. The van der Waals surface area contributed by atoms with Crippen LogP contribution in [-0.2, 0) is 4.74 Å². The second-order valence-corrected chi connectivity index (χ2v) is 6.31. The van der Waals surface area contributed by atoms with E-state index in [0.717, 1.165) is 42.9 Å². The maximum absolute atomic E-state index is 5.44. The van der Waals surface area contributed by atoms with Gasteiger partial charge in [-0.25, -0.2) is 9.97 Å². The molecule has 0 unspecified atom stereocenters. The van der Waals surface area contributed by atoms with Crippen molar-refractivity contribution in [1.82, 2.24) is 14.9 Å². The molecule has 0 saturated carbocycles. The summed E-state index contributed by atoms with van der Waals surface area (Å²) < 4.78 is 5.44. The number of aromatic nitrogens is 2. The standard InChI is InChI=1S/C16H25N3O/c1-12-9-13(2)18-16(17-12)15-3-6-19(11-15)10-14-4-7-20-8-5-14/h9,14-15H,3-8,10-11H2,1-2H3/t15-/m0/s1. The molecule has 0 bridgehead atoms. The number of aryl methyl sites for hydroxylation is 2. The van der Waals surface area contributed by atoms with Crippen molar-refractivity contribution in [3.63, 3.8) is 0 Å². The Morgan fingerprint density at radius 1 is 1.15 bits per heavy atom. The van der Waals surface area contributed by atoms with Crippen molar-refractivity contribution in [2.75, 3.05) is 32.8 Å². The van der Waals surface area contributed by atoms with Gasteiger partial charge in [-0.3, -0.25) is 0 Å². The molecule has 110 valence electrons. The van der Waals surface area contributed by atoms with Crippen molar-refractivity contribution >= 4 is 0 Å². The van der Waals surface area contributed by atoms with E-state index < -0.39 is 0 Å². The number of hydrogen-bond acceptors (Lipinski definition) is 4. The molecule has 2 aliphatic rings. The van der Waals surface area contributed by atoms with Crippen LogP contribution in [0.1, 0.15) is 42.4 Å². The highest BCUT2D eigenvalue weighted by Crippen LogP contribution is 2.27. The zero-order valence-electron chi connectivity index (χ0n) is 12.6. The molecule has 0 N–H and O–H groups in total. The van der Waals surface area contributed by atoms with E-state index in [1.54, 1.807) is 0 Å². The molecular formula is C16H25N3O. The molecule has 2 fully saturated rings. The van der Waals surface area contributed by atoms with E-state index in [4.69, 9.17) is 4.74 Å². The second kappa shape index (κ2) is 6.19. The SMILES string of the molecule is Cc1cc(C)nc([C@H]2CCN(CC3CCOCC3)C2)n1. The van der Waals surface area contributed by atoms with Crippen LogP contribution in [0.2, 0.25) is 0 Å². The highest BCUT2D eigenvalue weighted by molar-refractivity contribution is 5.12. The van der Waals surface area contributed by atoms with Gasteiger partial charge in [0.05, 0.1) is 0 Å². The molecule has 4 heteroatoms.